The number of carbonyl (C=O) groups excluding carboxylic acids is 1. The zero-order valence-electron chi connectivity index (χ0n) is 13.2. The fraction of sp³-hybridized carbons (Fsp3) is 0.588. The molecule has 1 heterocycles. The van der Waals surface area contributed by atoms with Crippen LogP contribution in [0.5, 0.6) is 0 Å². The van der Waals surface area contributed by atoms with Crippen LogP contribution in [-0.2, 0) is 11.2 Å². The first-order chi connectivity index (χ1) is 10.1. The Balaban J connectivity index is 1.62. The Kier molecular flexibility index (Phi) is 6.21. The summed E-state index contributed by atoms with van der Waals surface area (Å²) < 4.78 is 0. The standard InChI is InChI=1S/C17H27N3O/c1-19(2)17(21)14-20-12-9-16(10-13-20)18-11-8-15-6-4-3-5-7-15/h3-7,16,18H,8-14H2,1-2H3. The molecule has 21 heavy (non-hydrogen) atoms. The second-order valence-electron chi connectivity index (χ2n) is 6.03. The van der Waals surface area contributed by atoms with E-state index in [0.29, 0.717) is 12.6 Å². The smallest absolute Gasteiger partial charge is 0.236 e. The summed E-state index contributed by atoms with van der Waals surface area (Å²) in [5, 5.41) is 3.64. The van der Waals surface area contributed by atoms with Crippen LogP contribution in [0.25, 0.3) is 0 Å². The highest BCUT2D eigenvalue weighted by Gasteiger charge is 2.20. The average molecular weight is 289 g/mol. The summed E-state index contributed by atoms with van der Waals surface area (Å²) in [6, 6.07) is 11.2. The Morgan fingerprint density at radius 2 is 1.90 bits per heavy atom. The minimum atomic E-state index is 0.200. The van der Waals surface area contributed by atoms with Crippen molar-refractivity contribution in [1.29, 1.82) is 0 Å². The molecule has 0 spiro atoms. The molecular formula is C17H27N3O. The first kappa shape index (κ1) is 16.0. The van der Waals surface area contributed by atoms with Gasteiger partial charge in [0.2, 0.25) is 5.91 Å². The maximum Gasteiger partial charge on any atom is 0.236 e. The number of benzene rings is 1. The second-order valence-corrected chi connectivity index (χ2v) is 6.03. The van der Waals surface area contributed by atoms with E-state index in [-0.39, 0.29) is 5.91 Å². The van der Waals surface area contributed by atoms with Gasteiger partial charge in [-0.15, -0.1) is 0 Å². The minimum absolute atomic E-state index is 0.200. The first-order valence-electron chi connectivity index (χ1n) is 7.85. The molecule has 1 N–H and O–H groups in total. The van der Waals surface area contributed by atoms with Crippen LogP contribution < -0.4 is 5.32 Å². The third-order valence-corrected chi connectivity index (χ3v) is 4.13. The van der Waals surface area contributed by atoms with Gasteiger partial charge in [0.15, 0.2) is 0 Å². The summed E-state index contributed by atoms with van der Waals surface area (Å²) in [5.41, 5.74) is 1.39. The molecule has 1 saturated heterocycles. The van der Waals surface area contributed by atoms with Crippen LogP contribution in [0.3, 0.4) is 0 Å². The molecule has 1 fully saturated rings. The van der Waals surface area contributed by atoms with Crippen LogP contribution in [0.4, 0.5) is 0 Å². The van der Waals surface area contributed by atoms with E-state index < -0.39 is 0 Å². The lowest BCUT2D eigenvalue weighted by atomic mass is 10.0. The highest BCUT2D eigenvalue weighted by molar-refractivity contribution is 5.77. The molecule has 0 bridgehead atoms. The van der Waals surface area contributed by atoms with E-state index in [0.717, 1.165) is 38.9 Å². The zero-order valence-corrected chi connectivity index (χ0v) is 13.2. The normalized spacial score (nSPS) is 16.9. The van der Waals surface area contributed by atoms with E-state index >= 15 is 0 Å². The van der Waals surface area contributed by atoms with Gasteiger partial charge in [-0.3, -0.25) is 9.69 Å². The van der Waals surface area contributed by atoms with Gasteiger partial charge in [0.1, 0.15) is 0 Å². The molecule has 0 saturated carbocycles. The van der Waals surface area contributed by atoms with Gasteiger partial charge in [-0.25, -0.2) is 0 Å². The molecule has 0 unspecified atom stereocenters. The predicted molar refractivity (Wildman–Crippen MR) is 86.3 cm³/mol. The Labute approximate surface area is 128 Å². The van der Waals surface area contributed by atoms with Crippen molar-refractivity contribution in [2.45, 2.75) is 25.3 Å². The summed E-state index contributed by atoms with van der Waals surface area (Å²) in [5.74, 6) is 0.200. The quantitative estimate of drug-likeness (QED) is 0.859. The van der Waals surface area contributed by atoms with Crippen LogP contribution in [0.1, 0.15) is 18.4 Å². The average Bonchev–Trinajstić information content (AvgIpc) is 2.50. The molecule has 1 amide bonds. The van der Waals surface area contributed by atoms with E-state index in [1.54, 1.807) is 4.90 Å². The molecule has 1 aliphatic rings. The van der Waals surface area contributed by atoms with Crippen molar-refractivity contribution >= 4 is 5.91 Å². The van der Waals surface area contributed by atoms with Gasteiger partial charge in [-0.2, -0.15) is 0 Å². The molecule has 0 aromatic heterocycles. The number of nitrogens with one attached hydrogen (secondary N) is 1. The second kappa shape index (κ2) is 8.15. The van der Waals surface area contributed by atoms with Gasteiger partial charge in [0.25, 0.3) is 0 Å². The Bertz CT molecular complexity index is 425. The molecule has 4 nitrogen and oxygen atoms in total. The number of amides is 1. The van der Waals surface area contributed by atoms with Crippen molar-refractivity contribution in [3.63, 3.8) is 0 Å². The number of piperidine rings is 1. The minimum Gasteiger partial charge on any atom is -0.348 e. The summed E-state index contributed by atoms with van der Waals surface area (Å²) in [6.45, 7) is 3.63. The van der Waals surface area contributed by atoms with Gasteiger partial charge in [0.05, 0.1) is 6.54 Å². The van der Waals surface area contributed by atoms with Gasteiger partial charge < -0.3 is 10.2 Å². The number of likely N-dealkylation sites (N-methyl/N-ethyl adjacent to an activating group) is 1. The van der Waals surface area contributed by atoms with Crippen molar-refractivity contribution < 1.29 is 4.79 Å². The zero-order chi connectivity index (χ0) is 15.1. The van der Waals surface area contributed by atoms with Gasteiger partial charge in [-0.05, 0) is 31.4 Å². The monoisotopic (exact) mass is 289 g/mol. The molecule has 4 heteroatoms. The van der Waals surface area contributed by atoms with Crippen LogP contribution in [0.2, 0.25) is 0 Å². The van der Waals surface area contributed by atoms with E-state index in [2.05, 4.69) is 40.5 Å². The van der Waals surface area contributed by atoms with Gasteiger partial charge in [0, 0.05) is 33.2 Å². The Morgan fingerprint density at radius 1 is 1.24 bits per heavy atom. The first-order valence-corrected chi connectivity index (χ1v) is 7.85. The van der Waals surface area contributed by atoms with Crippen LogP contribution in [0, 0.1) is 0 Å². The largest absolute Gasteiger partial charge is 0.348 e. The molecule has 1 aliphatic heterocycles. The Morgan fingerprint density at radius 3 is 2.52 bits per heavy atom. The Hall–Kier alpha value is -1.39. The van der Waals surface area contributed by atoms with Crippen LogP contribution in [-0.4, -0.2) is 62.0 Å². The number of hydrogen-bond acceptors (Lipinski definition) is 3. The molecule has 2 rings (SSSR count). The van der Waals surface area contributed by atoms with E-state index in [1.165, 1.54) is 5.56 Å². The number of nitrogens with zero attached hydrogens (tertiary/aromatic N) is 2. The topological polar surface area (TPSA) is 35.6 Å². The summed E-state index contributed by atoms with van der Waals surface area (Å²) in [6.07, 6.45) is 3.35. The fourth-order valence-corrected chi connectivity index (χ4v) is 2.69. The van der Waals surface area contributed by atoms with Crippen molar-refractivity contribution in [2.75, 3.05) is 40.3 Å². The van der Waals surface area contributed by atoms with Crippen LogP contribution >= 0.6 is 0 Å². The maximum absolute atomic E-state index is 11.7. The third kappa shape index (κ3) is 5.48. The van der Waals surface area contributed by atoms with Crippen molar-refractivity contribution in [3.8, 4) is 0 Å². The number of hydrogen-bond donors (Lipinski definition) is 1. The lowest BCUT2D eigenvalue weighted by Gasteiger charge is -2.32. The number of likely N-dealkylation sites (tertiary alicyclic amines) is 1. The predicted octanol–water partition coefficient (Wildman–Crippen LogP) is 1.37. The molecular weight excluding hydrogens is 262 g/mol. The van der Waals surface area contributed by atoms with Crippen molar-refractivity contribution in [3.05, 3.63) is 35.9 Å². The highest BCUT2D eigenvalue weighted by atomic mass is 16.2. The van der Waals surface area contributed by atoms with Crippen molar-refractivity contribution in [1.82, 2.24) is 15.1 Å². The van der Waals surface area contributed by atoms with E-state index in [1.807, 2.05) is 14.1 Å². The fourth-order valence-electron chi connectivity index (χ4n) is 2.69. The summed E-state index contributed by atoms with van der Waals surface area (Å²) in [7, 11) is 3.64. The SMILES string of the molecule is CN(C)C(=O)CN1CCC(NCCc2ccccc2)CC1. The summed E-state index contributed by atoms with van der Waals surface area (Å²) >= 11 is 0. The number of carbonyl (C=O) groups is 1. The summed E-state index contributed by atoms with van der Waals surface area (Å²) in [4.78, 5) is 15.6. The number of rotatable bonds is 6. The molecule has 116 valence electrons. The third-order valence-electron chi connectivity index (χ3n) is 4.13. The highest BCUT2D eigenvalue weighted by Crippen LogP contribution is 2.10. The van der Waals surface area contributed by atoms with Gasteiger partial charge >= 0.3 is 0 Å². The molecule has 1 aromatic carbocycles. The van der Waals surface area contributed by atoms with Crippen molar-refractivity contribution in [2.24, 2.45) is 0 Å². The lowest BCUT2D eigenvalue weighted by Crippen LogP contribution is -2.46. The van der Waals surface area contributed by atoms with Gasteiger partial charge in [-0.1, -0.05) is 30.3 Å². The molecule has 0 aliphatic carbocycles. The van der Waals surface area contributed by atoms with E-state index in [9.17, 15) is 4.79 Å². The lowest BCUT2D eigenvalue weighted by molar-refractivity contribution is -0.130. The molecule has 0 atom stereocenters. The van der Waals surface area contributed by atoms with Crippen LogP contribution in [0.15, 0.2) is 30.3 Å². The molecule has 1 aromatic rings. The molecule has 0 radical (unpaired) electrons. The maximum atomic E-state index is 11.7. The van der Waals surface area contributed by atoms with E-state index in [4.69, 9.17) is 0 Å².